The van der Waals surface area contributed by atoms with Gasteiger partial charge in [0.05, 0.1) is 11.8 Å². The van der Waals surface area contributed by atoms with Crippen molar-refractivity contribution in [2.24, 2.45) is 0 Å². The molecule has 0 radical (unpaired) electrons. The minimum atomic E-state index is -0.905. The van der Waals surface area contributed by atoms with Gasteiger partial charge in [0, 0.05) is 11.6 Å². The van der Waals surface area contributed by atoms with Gasteiger partial charge in [0.25, 0.3) is 0 Å². The molecule has 0 heterocycles. The molecule has 108 valence electrons. The fraction of sp³-hybridized carbons (Fsp3) is 0.467. The van der Waals surface area contributed by atoms with E-state index in [4.69, 9.17) is 16.7 Å². The van der Waals surface area contributed by atoms with E-state index in [9.17, 15) is 9.59 Å². The standard InChI is InChI=1S/C15H18ClNO3/c16-12-5-3-11(4-6-12)15(8-1-2-9-15)14(20)17-10-7-13(18)19/h3-6H,1-2,7-10H2,(H,17,20)(H,18,19). The van der Waals surface area contributed by atoms with E-state index in [-0.39, 0.29) is 18.9 Å². The summed E-state index contributed by atoms with van der Waals surface area (Å²) in [4.78, 5) is 23.0. The monoisotopic (exact) mass is 295 g/mol. The van der Waals surface area contributed by atoms with Gasteiger partial charge in [-0.1, -0.05) is 36.6 Å². The van der Waals surface area contributed by atoms with Crippen molar-refractivity contribution in [3.8, 4) is 0 Å². The van der Waals surface area contributed by atoms with Crippen molar-refractivity contribution in [2.45, 2.75) is 37.5 Å². The van der Waals surface area contributed by atoms with Gasteiger partial charge < -0.3 is 10.4 Å². The lowest BCUT2D eigenvalue weighted by Crippen LogP contribution is -2.43. The average Bonchev–Trinajstić information content (AvgIpc) is 2.89. The van der Waals surface area contributed by atoms with Crippen LogP contribution in [0.4, 0.5) is 0 Å². The SMILES string of the molecule is O=C(O)CCNC(=O)C1(c2ccc(Cl)cc2)CCCC1. The minimum Gasteiger partial charge on any atom is -0.481 e. The Bertz CT molecular complexity index is 492. The summed E-state index contributed by atoms with van der Waals surface area (Å²) in [6, 6.07) is 7.37. The summed E-state index contributed by atoms with van der Waals surface area (Å²) in [5.41, 5.74) is 0.440. The molecule has 20 heavy (non-hydrogen) atoms. The van der Waals surface area contributed by atoms with Crippen LogP contribution in [0.5, 0.6) is 0 Å². The van der Waals surface area contributed by atoms with Gasteiger partial charge in [-0.25, -0.2) is 0 Å². The number of carbonyl (C=O) groups is 2. The quantitative estimate of drug-likeness (QED) is 0.878. The van der Waals surface area contributed by atoms with Gasteiger partial charge in [0.15, 0.2) is 0 Å². The van der Waals surface area contributed by atoms with Crippen LogP contribution >= 0.6 is 11.6 Å². The zero-order chi connectivity index (χ0) is 14.6. The van der Waals surface area contributed by atoms with Crippen molar-refractivity contribution in [3.05, 3.63) is 34.9 Å². The maximum absolute atomic E-state index is 12.5. The fourth-order valence-electron chi connectivity index (χ4n) is 2.85. The van der Waals surface area contributed by atoms with Gasteiger partial charge in [-0.15, -0.1) is 0 Å². The number of carboxylic acid groups (broad SMARTS) is 1. The minimum absolute atomic E-state index is 0.0531. The van der Waals surface area contributed by atoms with Crippen LogP contribution in [0, 0.1) is 0 Å². The number of rotatable bonds is 5. The number of hydrogen-bond donors (Lipinski definition) is 2. The molecule has 1 aromatic rings. The number of carbonyl (C=O) groups excluding carboxylic acids is 1. The Morgan fingerprint density at radius 2 is 1.80 bits per heavy atom. The molecule has 1 aliphatic carbocycles. The number of nitrogens with one attached hydrogen (secondary N) is 1. The summed E-state index contributed by atoms with van der Waals surface area (Å²) >= 11 is 5.90. The lowest BCUT2D eigenvalue weighted by atomic mass is 9.78. The van der Waals surface area contributed by atoms with Gasteiger partial charge in [-0.05, 0) is 30.5 Å². The predicted molar refractivity (Wildman–Crippen MR) is 76.9 cm³/mol. The number of benzene rings is 1. The Morgan fingerprint density at radius 3 is 2.35 bits per heavy atom. The highest BCUT2D eigenvalue weighted by Crippen LogP contribution is 2.41. The Labute approximate surface area is 123 Å². The third-order valence-electron chi connectivity index (χ3n) is 3.91. The van der Waals surface area contributed by atoms with Gasteiger partial charge >= 0.3 is 5.97 Å². The summed E-state index contributed by atoms with van der Waals surface area (Å²) in [6.45, 7) is 0.170. The Hall–Kier alpha value is -1.55. The number of halogens is 1. The van der Waals surface area contributed by atoms with Crippen LogP contribution in [0.3, 0.4) is 0 Å². The van der Waals surface area contributed by atoms with Crippen LogP contribution in [0.25, 0.3) is 0 Å². The molecule has 0 bridgehead atoms. The first-order chi connectivity index (χ1) is 9.54. The van der Waals surface area contributed by atoms with Crippen LogP contribution in [0.1, 0.15) is 37.7 Å². The maximum Gasteiger partial charge on any atom is 0.305 e. The van der Waals surface area contributed by atoms with Crippen LogP contribution < -0.4 is 5.32 Å². The predicted octanol–water partition coefficient (Wildman–Crippen LogP) is 2.74. The maximum atomic E-state index is 12.5. The second kappa shape index (κ2) is 6.27. The first-order valence-electron chi connectivity index (χ1n) is 6.81. The van der Waals surface area contributed by atoms with Gasteiger partial charge in [-0.2, -0.15) is 0 Å². The second-order valence-corrected chi connectivity index (χ2v) is 5.63. The molecule has 0 atom stereocenters. The number of hydrogen-bond acceptors (Lipinski definition) is 2. The van der Waals surface area contributed by atoms with E-state index in [1.54, 1.807) is 12.1 Å². The molecule has 0 saturated heterocycles. The molecule has 5 heteroatoms. The van der Waals surface area contributed by atoms with E-state index in [1.807, 2.05) is 12.1 Å². The third kappa shape index (κ3) is 3.12. The Balaban J connectivity index is 2.14. The van der Waals surface area contributed by atoms with Gasteiger partial charge in [0.1, 0.15) is 0 Å². The van der Waals surface area contributed by atoms with Gasteiger partial charge in [-0.3, -0.25) is 9.59 Å². The van der Waals surface area contributed by atoms with Gasteiger partial charge in [0.2, 0.25) is 5.91 Å². The first kappa shape index (κ1) is 14.9. The summed E-state index contributed by atoms with van der Waals surface area (Å²) in [7, 11) is 0. The molecule has 0 aliphatic heterocycles. The van der Waals surface area contributed by atoms with Crippen LogP contribution in [-0.4, -0.2) is 23.5 Å². The fourth-order valence-corrected chi connectivity index (χ4v) is 2.97. The molecule has 1 fully saturated rings. The zero-order valence-electron chi connectivity index (χ0n) is 11.2. The topological polar surface area (TPSA) is 66.4 Å². The van der Waals surface area contributed by atoms with Crippen LogP contribution in [0.15, 0.2) is 24.3 Å². The highest BCUT2D eigenvalue weighted by molar-refractivity contribution is 6.30. The van der Waals surface area contributed by atoms with Crippen LogP contribution in [-0.2, 0) is 15.0 Å². The summed E-state index contributed by atoms with van der Waals surface area (Å²) in [5, 5.41) is 12.0. The van der Waals surface area contributed by atoms with E-state index in [1.165, 1.54) is 0 Å². The van der Waals surface area contributed by atoms with Crippen molar-refractivity contribution in [1.82, 2.24) is 5.32 Å². The summed E-state index contributed by atoms with van der Waals surface area (Å²) in [6.07, 6.45) is 3.56. The lowest BCUT2D eigenvalue weighted by Gasteiger charge is -2.28. The molecule has 0 aromatic heterocycles. The molecule has 0 spiro atoms. The molecule has 2 N–H and O–H groups in total. The van der Waals surface area contributed by atoms with E-state index in [0.717, 1.165) is 31.2 Å². The summed E-state index contributed by atoms with van der Waals surface area (Å²) in [5.74, 6) is -0.976. The van der Waals surface area contributed by atoms with E-state index < -0.39 is 11.4 Å². The average molecular weight is 296 g/mol. The van der Waals surface area contributed by atoms with Crippen molar-refractivity contribution in [2.75, 3.05) is 6.54 Å². The molecule has 1 aromatic carbocycles. The summed E-state index contributed by atoms with van der Waals surface area (Å²) < 4.78 is 0. The second-order valence-electron chi connectivity index (χ2n) is 5.20. The largest absolute Gasteiger partial charge is 0.481 e. The van der Waals surface area contributed by atoms with E-state index >= 15 is 0 Å². The van der Waals surface area contributed by atoms with E-state index in [0.29, 0.717) is 5.02 Å². The van der Waals surface area contributed by atoms with Crippen molar-refractivity contribution in [3.63, 3.8) is 0 Å². The normalized spacial score (nSPS) is 16.9. The molecule has 0 unspecified atom stereocenters. The Kier molecular flexibility index (Phi) is 4.65. The van der Waals surface area contributed by atoms with Crippen molar-refractivity contribution >= 4 is 23.5 Å². The molecule has 2 rings (SSSR count). The molecule has 1 saturated carbocycles. The van der Waals surface area contributed by atoms with Crippen LogP contribution in [0.2, 0.25) is 5.02 Å². The highest BCUT2D eigenvalue weighted by atomic mass is 35.5. The Morgan fingerprint density at radius 1 is 1.20 bits per heavy atom. The molecule has 1 amide bonds. The lowest BCUT2D eigenvalue weighted by molar-refractivity contribution is -0.137. The first-order valence-corrected chi connectivity index (χ1v) is 7.18. The molecule has 1 aliphatic rings. The highest BCUT2D eigenvalue weighted by Gasteiger charge is 2.42. The van der Waals surface area contributed by atoms with Crippen molar-refractivity contribution < 1.29 is 14.7 Å². The zero-order valence-corrected chi connectivity index (χ0v) is 11.9. The van der Waals surface area contributed by atoms with E-state index in [2.05, 4.69) is 5.32 Å². The number of carboxylic acids is 1. The number of aliphatic carboxylic acids is 1. The van der Waals surface area contributed by atoms with Crippen molar-refractivity contribution in [1.29, 1.82) is 0 Å². The molecule has 4 nitrogen and oxygen atoms in total. The molecular formula is C15H18ClNO3. The molecular weight excluding hydrogens is 278 g/mol. The smallest absolute Gasteiger partial charge is 0.305 e. The number of amides is 1. The third-order valence-corrected chi connectivity index (χ3v) is 4.16.